The minimum absolute atomic E-state index is 0.186. The molecule has 0 spiro atoms. The first-order valence-corrected chi connectivity index (χ1v) is 9.10. The van der Waals surface area contributed by atoms with Crippen molar-refractivity contribution in [3.8, 4) is 22.9 Å². The van der Waals surface area contributed by atoms with Gasteiger partial charge in [0.25, 0.3) is 0 Å². The molecule has 7 nitrogen and oxygen atoms in total. The van der Waals surface area contributed by atoms with Gasteiger partial charge >= 0.3 is 0 Å². The van der Waals surface area contributed by atoms with Crippen LogP contribution >= 0.6 is 0 Å². The summed E-state index contributed by atoms with van der Waals surface area (Å²) in [6.07, 6.45) is 2.43. The van der Waals surface area contributed by atoms with Crippen LogP contribution in [0.5, 0.6) is 11.6 Å². The van der Waals surface area contributed by atoms with Crippen molar-refractivity contribution in [1.82, 2.24) is 14.8 Å². The minimum Gasteiger partial charge on any atom is -0.496 e. The molecule has 1 saturated carbocycles. The highest BCUT2D eigenvalue weighted by atomic mass is 19.1. The fourth-order valence-corrected chi connectivity index (χ4v) is 2.92. The number of nitrogens with zero attached hydrogens (tertiary/aromatic N) is 3. The Morgan fingerprint density at radius 1 is 1.24 bits per heavy atom. The lowest BCUT2D eigenvalue weighted by atomic mass is 10.1. The highest BCUT2D eigenvalue weighted by Gasteiger charge is 2.25. The third kappa shape index (κ3) is 4.00. The number of ether oxygens (including phenoxy) is 2. The van der Waals surface area contributed by atoms with Crippen molar-refractivity contribution in [1.29, 1.82) is 0 Å². The molecule has 4 rings (SSSR count). The number of hydrogen-bond donors (Lipinski definition) is 2. The molecule has 9 heteroatoms. The predicted molar refractivity (Wildman–Crippen MR) is 102 cm³/mol. The van der Waals surface area contributed by atoms with Gasteiger partial charge in [0.15, 0.2) is 6.23 Å². The van der Waals surface area contributed by atoms with Gasteiger partial charge in [-0.2, -0.15) is 5.10 Å². The molecular weight excluding hydrogens is 382 g/mol. The Labute approximate surface area is 165 Å². The largest absolute Gasteiger partial charge is 0.496 e. The van der Waals surface area contributed by atoms with Gasteiger partial charge in [0.1, 0.15) is 34.9 Å². The summed E-state index contributed by atoms with van der Waals surface area (Å²) < 4.78 is 40.3. The van der Waals surface area contributed by atoms with Crippen LogP contribution in [0.3, 0.4) is 0 Å². The number of rotatable bonds is 7. The first-order valence-electron chi connectivity index (χ1n) is 9.10. The summed E-state index contributed by atoms with van der Waals surface area (Å²) in [6, 6.07) is 6.74. The Hall–Kier alpha value is -3.20. The molecule has 3 aromatic rings. The Morgan fingerprint density at radius 2 is 1.97 bits per heavy atom. The monoisotopic (exact) mass is 402 g/mol. The maximum atomic E-state index is 13.8. The van der Waals surface area contributed by atoms with E-state index in [9.17, 15) is 13.9 Å². The second-order valence-electron chi connectivity index (χ2n) is 6.76. The molecule has 152 valence electrons. The lowest BCUT2D eigenvalue weighted by molar-refractivity contribution is 0.201. The molecule has 1 aliphatic carbocycles. The summed E-state index contributed by atoms with van der Waals surface area (Å²) in [7, 11) is 3.22. The van der Waals surface area contributed by atoms with Crippen molar-refractivity contribution in [2.45, 2.75) is 25.2 Å². The van der Waals surface area contributed by atoms with Crippen molar-refractivity contribution >= 4 is 5.69 Å². The standard InChI is InChI=1S/C20H20F2N4O3/c1-26-16(12-10-23-18(9-17(12)28-2)29-11-6-7-11)8-15(25-26)20(27)24-19-13(21)4-3-5-14(19)22/h3-5,8-11,20,24,27H,6-7H2,1-2H3. The second-order valence-corrected chi connectivity index (χ2v) is 6.76. The molecule has 0 amide bonds. The molecule has 0 bridgehead atoms. The molecule has 0 aliphatic heterocycles. The molecule has 1 aromatic carbocycles. The number of methoxy groups -OCH3 is 1. The fourth-order valence-electron chi connectivity index (χ4n) is 2.92. The van der Waals surface area contributed by atoms with Gasteiger partial charge in [-0.05, 0) is 31.0 Å². The molecule has 2 aromatic heterocycles. The van der Waals surface area contributed by atoms with Gasteiger partial charge in [-0.3, -0.25) is 4.68 Å². The Kier molecular flexibility index (Phi) is 5.06. The second kappa shape index (κ2) is 7.67. The maximum absolute atomic E-state index is 13.8. The number of anilines is 1. The van der Waals surface area contributed by atoms with Crippen LogP contribution < -0.4 is 14.8 Å². The van der Waals surface area contributed by atoms with Gasteiger partial charge in [0.05, 0.1) is 18.4 Å². The lowest BCUT2D eigenvalue weighted by Gasteiger charge is -2.13. The number of aliphatic hydroxyl groups excluding tert-OH is 1. The SMILES string of the molecule is COc1cc(OC2CC2)ncc1-c1cc(C(O)Nc2c(F)cccc2F)nn1C. The van der Waals surface area contributed by atoms with Crippen molar-refractivity contribution in [2.24, 2.45) is 7.05 Å². The van der Waals surface area contributed by atoms with Crippen LogP contribution in [0.15, 0.2) is 36.5 Å². The lowest BCUT2D eigenvalue weighted by Crippen LogP contribution is -2.13. The van der Waals surface area contributed by atoms with Crippen molar-refractivity contribution in [3.63, 3.8) is 0 Å². The third-order valence-corrected chi connectivity index (χ3v) is 4.57. The molecule has 0 saturated heterocycles. The Bertz CT molecular complexity index is 1020. The number of para-hydroxylation sites is 1. The van der Waals surface area contributed by atoms with E-state index >= 15 is 0 Å². The zero-order valence-corrected chi connectivity index (χ0v) is 15.9. The normalized spacial score (nSPS) is 14.5. The van der Waals surface area contributed by atoms with E-state index in [1.54, 1.807) is 25.4 Å². The summed E-state index contributed by atoms with van der Waals surface area (Å²) >= 11 is 0. The zero-order valence-electron chi connectivity index (χ0n) is 15.9. The molecule has 29 heavy (non-hydrogen) atoms. The van der Waals surface area contributed by atoms with Gasteiger partial charge in [-0.1, -0.05) is 6.07 Å². The molecule has 1 atom stereocenters. The highest BCUT2D eigenvalue weighted by Crippen LogP contribution is 2.35. The number of pyridine rings is 1. The van der Waals surface area contributed by atoms with Crippen LogP contribution in [0.1, 0.15) is 24.8 Å². The summed E-state index contributed by atoms with van der Waals surface area (Å²) in [5.74, 6) is -0.602. The molecule has 1 unspecified atom stereocenters. The minimum atomic E-state index is -1.42. The van der Waals surface area contributed by atoms with Gasteiger partial charge in [0.2, 0.25) is 5.88 Å². The topological polar surface area (TPSA) is 81.4 Å². The average Bonchev–Trinajstić information content (AvgIpc) is 3.43. The van der Waals surface area contributed by atoms with Gasteiger partial charge < -0.3 is 19.9 Å². The first-order chi connectivity index (χ1) is 14.0. The number of halogens is 2. The maximum Gasteiger partial charge on any atom is 0.217 e. The van der Waals surface area contributed by atoms with Gasteiger partial charge in [-0.25, -0.2) is 13.8 Å². The number of hydrogen-bond acceptors (Lipinski definition) is 6. The van der Waals surface area contributed by atoms with E-state index in [-0.39, 0.29) is 11.8 Å². The highest BCUT2D eigenvalue weighted by molar-refractivity contribution is 5.68. The van der Waals surface area contributed by atoms with E-state index in [1.807, 2.05) is 0 Å². The van der Waals surface area contributed by atoms with E-state index in [0.29, 0.717) is 22.9 Å². The molecular formula is C20H20F2N4O3. The van der Waals surface area contributed by atoms with Gasteiger partial charge in [-0.15, -0.1) is 0 Å². The summed E-state index contributed by atoms with van der Waals surface area (Å²) in [6.45, 7) is 0. The van der Waals surface area contributed by atoms with E-state index in [1.165, 1.54) is 17.9 Å². The van der Waals surface area contributed by atoms with Crippen molar-refractivity contribution in [3.05, 3.63) is 53.9 Å². The number of aliphatic hydroxyl groups is 1. The van der Waals surface area contributed by atoms with Gasteiger partial charge in [0, 0.05) is 19.3 Å². The van der Waals surface area contributed by atoms with Crippen LogP contribution in [-0.2, 0) is 7.05 Å². The summed E-state index contributed by atoms with van der Waals surface area (Å²) in [5, 5.41) is 17.1. The number of aryl methyl sites for hydroxylation is 1. The van der Waals surface area contributed by atoms with E-state index < -0.39 is 23.5 Å². The molecule has 2 N–H and O–H groups in total. The van der Waals surface area contributed by atoms with Crippen molar-refractivity contribution in [2.75, 3.05) is 12.4 Å². The molecule has 1 fully saturated rings. The smallest absolute Gasteiger partial charge is 0.217 e. The number of aromatic nitrogens is 3. The van der Waals surface area contributed by atoms with Crippen LogP contribution in [-0.4, -0.2) is 33.1 Å². The van der Waals surface area contributed by atoms with E-state index in [2.05, 4.69) is 15.4 Å². The number of benzene rings is 1. The number of nitrogens with one attached hydrogen (secondary N) is 1. The zero-order chi connectivity index (χ0) is 20.5. The molecule has 0 radical (unpaired) electrons. The van der Waals surface area contributed by atoms with E-state index in [4.69, 9.17) is 9.47 Å². The van der Waals surface area contributed by atoms with Crippen molar-refractivity contribution < 1.29 is 23.4 Å². The first kappa shape index (κ1) is 19.1. The summed E-state index contributed by atoms with van der Waals surface area (Å²) in [4.78, 5) is 4.31. The van der Waals surface area contributed by atoms with Crippen LogP contribution in [0.4, 0.5) is 14.5 Å². The third-order valence-electron chi connectivity index (χ3n) is 4.57. The summed E-state index contributed by atoms with van der Waals surface area (Å²) in [5.41, 5.74) is 1.01. The van der Waals surface area contributed by atoms with E-state index in [0.717, 1.165) is 25.0 Å². The van der Waals surface area contributed by atoms with Crippen LogP contribution in [0.25, 0.3) is 11.3 Å². The van der Waals surface area contributed by atoms with Crippen LogP contribution in [0, 0.1) is 11.6 Å². The molecule has 1 aliphatic rings. The average molecular weight is 402 g/mol. The Morgan fingerprint density at radius 3 is 2.62 bits per heavy atom. The molecule has 2 heterocycles. The Balaban J connectivity index is 1.60. The quantitative estimate of drug-likeness (QED) is 0.590. The predicted octanol–water partition coefficient (Wildman–Crippen LogP) is 3.41. The van der Waals surface area contributed by atoms with Crippen LogP contribution in [0.2, 0.25) is 0 Å². The fraction of sp³-hybridized carbons (Fsp3) is 0.300.